The molecule has 0 aliphatic rings. The zero-order chi connectivity index (χ0) is 17.0. The predicted molar refractivity (Wildman–Crippen MR) is 91.1 cm³/mol. The molecule has 0 saturated heterocycles. The maximum Gasteiger partial charge on any atom is 0.264 e. The minimum atomic E-state index is -3.65. The highest BCUT2D eigenvalue weighted by Crippen LogP contribution is 2.22. The lowest BCUT2D eigenvalue weighted by atomic mass is 10.2. The van der Waals surface area contributed by atoms with Crippen LogP contribution in [0.5, 0.6) is 0 Å². The van der Waals surface area contributed by atoms with Crippen LogP contribution in [0, 0.1) is 0 Å². The molecule has 0 heterocycles. The number of sulfonamides is 1. The highest BCUT2D eigenvalue weighted by atomic mass is 32.2. The Balaban J connectivity index is 2.29. The molecule has 5 nitrogen and oxygen atoms in total. The van der Waals surface area contributed by atoms with E-state index in [1.54, 1.807) is 48.3 Å². The Morgan fingerprint density at radius 2 is 1.52 bits per heavy atom. The Hall–Kier alpha value is -2.34. The van der Waals surface area contributed by atoms with Crippen molar-refractivity contribution >= 4 is 21.6 Å². The molecule has 23 heavy (non-hydrogen) atoms. The maximum absolute atomic E-state index is 12.6. The lowest BCUT2D eigenvalue weighted by Gasteiger charge is -2.20. The van der Waals surface area contributed by atoms with E-state index in [2.05, 4.69) is 0 Å². The summed E-state index contributed by atoms with van der Waals surface area (Å²) < 4.78 is 26.5. The number of benzene rings is 2. The van der Waals surface area contributed by atoms with Gasteiger partial charge >= 0.3 is 0 Å². The summed E-state index contributed by atoms with van der Waals surface area (Å²) in [4.78, 5) is 13.8. The van der Waals surface area contributed by atoms with E-state index in [-0.39, 0.29) is 10.8 Å². The van der Waals surface area contributed by atoms with Crippen molar-refractivity contribution in [2.45, 2.75) is 11.8 Å². The Morgan fingerprint density at radius 3 is 2.04 bits per heavy atom. The average molecular weight is 332 g/mol. The van der Waals surface area contributed by atoms with Gasteiger partial charge in [-0.2, -0.15) is 0 Å². The second-order valence-corrected chi connectivity index (χ2v) is 7.12. The summed E-state index contributed by atoms with van der Waals surface area (Å²) >= 11 is 0. The van der Waals surface area contributed by atoms with Crippen LogP contribution in [0.15, 0.2) is 59.5 Å². The zero-order valence-electron chi connectivity index (χ0n) is 13.4. The van der Waals surface area contributed by atoms with Gasteiger partial charge in [-0.15, -0.1) is 0 Å². The molecule has 0 aliphatic heterocycles. The fraction of sp³-hybridized carbons (Fsp3) is 0.235. The van der Waals surface area contributed by atoms with Crippen molar-refractivity contribution in [1.29, 1.82) is 0 Å². The van der Waals surface area contributed by atoms with Crippen molar-refractivity contribution in [3.8, 4) is 0 Å². The molecule has 1 amide bonds. The molecule has 0 fully saturated rings. The predicted octanol–water partition coefficient (Wildman–Crippen LogP) is 2.60. The third-order valence-electron chi connectivity index (χ3n) is 3.70. The Kier molecular flexibility index (Phi) is 5.05. The molecule has 122 valence electrons. The van der Waals surface area contributed by atoms with Gasteiger partial charge in [0.25, 0.3) is 15.9 Å². The second-order valence-electron chi connectivity index (χ2n) is 5.15. The lowest BCUT2D eigenvalue weighted by molar-refractivity contribution is 0.0802. The van der Waals surface area contributed by atoms with E-state index in [1.165, 1.54) is 23.5 Å². The van der Waals surface area contributed by atoms with E-state index in [0.717, 1.165) is 0 Å². The molecule has 0 aromatic heterocycles. The minimum absolute atomic E-state index is 0.132. The first-order chi connectivity index (χ1) is 10.9. The number of para-hydroxylation sites is 1. The van der Waals surface area contributed by atoms with E-state index < -0.39 is 10.0 Å². The first kappa shape index (κ1) is 17.0. The summed E-state index contributed by atoms with van der Waals surface area (Å²) in [6.07, 6.45) is 0. The van der Waals surface area contributed by atoms with Gasteiger partial charge in [0, 0.05) is 26.2 Å². The average Bonchev–Trinajstić information content (AvgIpc) is 2.60. The summed E-state index contributed by atoms with van der Waals surface area (Å²) in [5, 5.41) is 0. The molecule has 0 N–H and O–H groups in total. The van der Waals surface area contributed by atoms with Gasteiger partial charge in [0.1, 0.15) is 0 Å². The van der Waals surface area contributed by atoms with Crippen LogP contribution in [-0.4, -0.2) is 39.9 Å². The van der Waals surface area contributed by atoms with Crippen LogP contribution in [0.1, 0.15) is 17.3 Å². The standard InChI is InChI=1S/C17H20N2O3S/c1-4-18(2)17(20)14-10-12-16(13-11-14)23(21,22)19(3)15-8-6-5-7-9-15/h5-13H,4H2,1-3H3. The van der Waals surface area contributed by atoms with Gasteiger partial charge in [0.15, 0.2) is 0 Å². The van der Waals surface area contributed by atoms with Crippen molar-refractivity contribution in [2.75, 3.05) is 24.9 Å². The van der Waals surface area contributed by atoms with Crippen LogP contribution in [0.3, 0.4) is 0 Å². The molecule has 0 atom stereocenters. The van der Waals surface area contributed by atoms with E-state index >= 15 is 0 Å². The molecule has 0 bridgehead atoms. The summed E-state index contributed by atoms with van der Waals surface area (Å²) in [6, 6.07) is 14.9. The van der Waals surface area contributed by atoms with Crippen molar-refractivity contribution in [3.05, 3.63) is 60.2 Å². The first-order valence-electron chi connectivity index (χ1n) is 7.27. The third kappa shape index (κ3) is 3.53. The van der Waals surface area contributed by atoms with Gasteiger partial charge in [-0.25, -0.2) is 8.42 Å². The molecule has 2 rings (SSSR count). The number of carbonyl (C=O) groups is 1. The van der Waals surface area contributed by atoms with E-state index in [9.17, 15) is 13.2 Å². The molecule has 0 spiro atoms. The van der Waals surface area contributed by atoms with E-state index in [1.807, 2.05) is 13.0 Å². The molecule has 0 radical (unpaired) electrons. The smallest absolute Gasteiger partial charge is 0.264 e. The SMILES string of the molecule is CCN(C)C(=O)c1ccc(S(=O)(=O)N(C)c2ccccc2)cc1. The van der Waals surface area contributed by atoms with Crippen molar-refractivity contribution in [1.82, 2.24) is 4.90 Å². The molecule has 0 aliphatic carbocycles. The topological polar surface area (TPSA) is 57.7 Å². The van der Waals surface area contributed by atoms with E-state index in [0.29, 0.717) is 17.8 Å². The number of hydrogen-bond acceptors (Lipinski definition) is 3. The molecule has 6 heteroatoms. The Bertz CT molecular complexity index is 771. The summed E-state index contributed by atoms with van der Waals surface area (Å²) in [6.45, 7) is 2.47. The normalized spacial score (nSPS) is 11.1. The van der Waals surface area contributed by atoms with Gasteiger partial charge < -0.3 is 4.90 Å². The molecule has 0 saturated carbocycles. The van der Waals surface area contributed by atoms with Crippen LogP contribution in [-0.2, 0) is 10.0 Å². The van der Waals surface area contributed by atoms with Gasteiger partial charge in [-0.1, -0.05) is 18.2 Å². The Labute approximate surface area is 137 Å². The van der Waals surface area contributed by atoms with Gasteiger partial charge in [0.2, 0.25) is 0 Å². The van der Waals surface area contributed by atoms with Crippen LogP contribution in [0.2, 0.25) is 0 Å². The van der Waals surface area contributed by atoms with Crippen LogP contribution in [0.4, 0.5) is 5.69 Å². The highest BCUT2D eigenvalue weighted by molar-refractivity contribution is 7.92. The van der Waals surface area contributed by atoms with Gasteiger partial charge in [-0.3, -0.25) is 9.10 Å². The largest absolute Gasteiger partial charge is 0.342 e. The maximum atomic E-state index is 12.6. The monoisotopic (exact) mass is 332 g/mol. The molecule has 0 unspecified atom stereocenters. The van der Waals surface area contributed by atoms with Crippen LogP contribution in [0.25, 0.3) is 0 Å². The first-order valence-corrected chi connectivity index (χ1v) is 8.71. The quantitative estimate of drug-likeness (QED) is 0.846. The molecule has 2 aromatic rings. The van der Waals surface area contributed by atoms with E-state index in [4.69, 9.17) is 0 Å². The lowest BCUT2D eigenvalue weighted by Crippen LogP contribution is -2.27. The fourth-order valence-electron chi connectivity index (χ4n) is 2.07. The zero-order valence-corrected chi connectivity index (χ0v) is 14.2. The third-order valence-corrected chi connectivity index (χ3v) is 5.50. The Morgan fingerprint density at radius 1 is 0.957 bits per heavy atom. The van der Waals surface area contributed by atoms with Crippen molar-refractivity contribution in [2.24, 2.45) is 0 Å². The van der Waals surface area contributed by atoms with Crippen molar-refractivity contribution < 1.29 is 13.2 Å². The summed E-state index contributed by atoms with van der Waals surface area (Å²) in [5.74, 6) is -0.132. The number of amides is 1. The summed E-state index contributed by atoms with van der Waals surface area (Å²) in [5.41, 5.74) is 1.05. The number of carbonyl (C=O) groups excluding carboxylic acids is 1. The second kappa shape index (κ2) is 6.83. The van der Waals surface area contributed by atoms with Gasteiger partial charge in [0.05, 0.1) is 10.6 Å². The number of nitrogens with zero attached hydrogens (tertiary/aromatic N) is 2. The minimum Gasteiger partial charge on any atom is -0.342 e. The number of rotatable bonds is 5. The van der Waals surface area contributed by atoms with Crippen molar-refractivity contribution in [3.63, 3.8) is 0 Å². The van der Waals surface area contributed by atoms with Gasteiger partial charge in [-0.05, 0) is 43.3 Å². The van der Waals surface area contributed by atoms with Crippen LogP contribution < -0.4 is 4.31 Å². The highest BCUT2D eigenvalue weighted by Gasteiger charge is 2.21. The molecular weight excluding hydrogens is 312 g/mol. The number of hydrogen-bond donors (Lipinski definition) is 0. The van der Waals surface area contributed by atoms with Crippen LogP contribution >= 0.6 is 0 Å². The molecular formula is C17H20N2O3S. The fourth-order valence-corrected chi connectivity index (χ4v) is 3.26. The number of anilines is 1. The summed E-state index contributed by atoms with van der Waals surface area (Å²) in [7, 11) is -0.439. The molecule has 2 aromatic carbocycles.